The summed E-state index contributed by atoms with van der Waals surface area (Å²) in [6.45, 7) is 3.65. The second-order valence-corrected chi connectivity index (χ2v) is 8.70. The summed E-state index contributed by atoms with van der Waals surface area (Å²) in [7, 11) is 0. The largest absolute Gasteiger partial charge is 0.433 e. The number of aliphatic hydroxyl groups is 1. The second kappa shape index (κ2) is 11.0. The van der Waals surface area contributed by atoms with Crippen LogP contribution in [0.3, 0.4) is 0 Å². The van der Waals surface area contributed by atoms with E-state index in [1.165, 1.54) is 6.07 Å². The SMILES string of the molecule is CCC1CC(=Nc2cc3cc(OC(C)(F)F)ccc3[nH]2)Nc2cc(C(=O)NCCOCCO)ccc21. The molecule has 2 aromatic carbocycles. The molecule has 8 nitrogen and oxygen atoms in total. The van der Waals surface area contributed by atoms with Gasteiger partial charge in [-0.2, -0.15) is 8.78 Å². The molecule has 1 atom stereocenters. The first-order chi connectivity index (χ1) is 17.3. The van der Waals surface area contributed by atoms with Crippen molar-refractivity contribution >= 4 is 34.2 Å². The number of alkyl halides is 2. The number of benzene rings is 2. The van der Waals surface area contributed by atoms with E-state index in [-0.39, 0.29) is 30.8 Å². The van der Waals surface area contributed by atoms with E-state index >= 15 is 0 Å². The number of aromatic amines is 1. The lowest BCUT2D eigenvalue weighted by atomic mass is 9.87. The van der Waals surface area contributed by atoms with Crippen LogP contribution in [0.4, 0.5) is 20.3 Å². The monoisotopic (exact) mass is 500 g/mol. The predicted octanol–water partition coefficient (Wildman–Crippen LogP) is 4.94. The summed E-state index contributed by atoms with van der Waals surface area (Å²) in [6, 6.07) is 12.1. The molecule has 1 aromatic heterocycles. The minimum atomic E-state index is -3.26. The third kappa shape index (κ3) is 6.38. The van der Waals surface area contributed by atoms with Crippen molar-refractivity contribution in [3.05, 3.63) is 53.6 Å². The molecule has 4 N–H and O–H groups in total. The summed E-state index contributed by atoms with van der Waals surface area (Å²) in [4.78, 5) is 20.5. The molecule has 4 rings (SSSR count). The van der Waals surface area contributed by atoms with Crippen molar-refractivity contribution in [2.24, 2.45) is 4.99 Å². The first kappa shape index (κ1) is 25.6. The van der Waals surface area contributed by atoms with Crippen molar-refractivity contribution < 1.29 is 28.2 Å². The Labute approximate surface area is 207 Å². The minimum Gasteiger partial charge on any atom is -0.433 e. The van der Waals surface area contributed by atoms with Crippen LogP contribution in [0, 0.1) is 0 Å². The number of carbonyl (C=O) groups excluding carboxylic acids is 1. The number of aliphatic imine (C=N–C) groups is 1. The van der Waals surface area contributed by atoms with E-state index < -0.39 is 6.11 Å². The topological polar surface area (TPSA) is 108 Å². The van der Waals surface area contributed by atoms with Gasteiger partial charge in [0.2, 0.25) is 0 Å². The van der Waals surface area contributed by atoms with E-state index in [0.29, 0.717) is 43.3 Å². The summed E-state index contributed by atoms with van der Waals surface area (Å²) in [5.74, 6) is 1.43. The Kier molecular flexibility index (Phi) is 7.85. The third-order valence-electron chi connectivity index (χ3n) is 5.86. The van der Waals surface area contributed by atoms with Gasteiger partial charge < -0.3 is 30.2 Å². The molecule has 0 fully saturated rings. The van der Waals surface area contributed by atoms with E-state index in [1.54, 1.807) is 18.2 Å². The summed E-state index contributed by atoms with van der Waals surface area (Å²) in [5.41, 5.74) is 3.22. The summed E-state index contributed by atoms with van der Waals surface area (Å²) in [6.07, 6.45) is -1.66. The van der Waals surface area contributed by atoms with E-state index in [1.807, 2.05) is 18.2 Å². The van der Waals surface area contributed by atoms with Crippen molar-refractivity contribution in [2.75, 3.05) is 31.7 Å². The lowest BCUT2D eigenvalue weighted by Crippen LogP contribution is -2.28. The Morgan fingerprint density at radius 1 is 1.22 bits per heavy atom. The molecule has 0 spiro atoms. The first-order valence-corrected chi connectivity index (χ1v) is 11.9. The average molecular weight is 501 g/mol. The number of amides is 1. The van der Waals surface area contributed by atoms with Gasteiger partial charge in [-0.3, -0.25) is 4.79 Å². The molecule has 1 unspecified atom stereocenters. The number of hydrogen-bond acceptors (Lipinski definition) is 5. The molecule has 1 aliphatic heterocycles. The fraction of sp³-hybridized carbons (Fsp3) is 0.385. The van der Waals surface area contributed by atoms with Gasteiger partial charge in [0.15, 0.2) is 0 Å². The van der Waals surface area contributed by atoms with Crippen LogP contribution < -0.4 is 15.4 Å². The van der Waals surface area contributed by atoms with Gasteiger partial charge in [-0.1, -0.05) is 13.0 Å². The summed E-state index contributed by atoms with van der Waals surface area (Å²) >= 11 is 0. The van der Waals surface area contributed by atoms with Crippen LogP contribution in [0.15, 0.2) is 47.5 Å². The van der Waals surface area contributed by atoms with Crippen LogP contribution in [0.2, 0.25) is 0 Å². The highest BCUT2D eigenvalue weighted by atomic mass is 19.3. The van der Waals surface area contributed by atoms with Crippen molar-refractivity contribution in [2.45, 2.75) is 38.7 Å². The molecule has 10 heteroatoms. The van der Waals surface area contributed by atoms with Gasteiger partial charge in [-0.25, -0.2) is 4.99 Å². The van der Waals surface area contributed by atoms with Gasteiger partial charge >= 0.3 is 6.11 Å². The number of rotatable bonds is 10. The molecular formula is C26H30F2N4O4. The van der Waals surface area contributed by atoms with Crippen LogP contribution in [0.5, 0.6) is 5.75 Å². The van der Waals surface area contributed by atoms with Crippen molar-refractivity contribution in [3.63, 3.8) is 0 Å². The zero-order chi connectivity index (χ0) is 25.7. The van der Waals surface area contributed by atoms with E-state index in [0.717, 1.165) is 29.0 Å². The van der Waals surface area contributed by atoms with E-state index in [4.69, 9.17) is 14.8 Å². The van der Waals surface area contributed by atoms with Gasteiger partial charge in [0, 0.05) is 42.0 Å². The molecular weight excluding hydrogens is 470 g/mol. The zero-order valence-electron chi connectivity index (χ0n) is 20.2. The Bertz CT molecular complexity index is 1250. The van der Waals surface area contributed by atoms with Gasteiger partial charge in [0.05, 0.1) is 19.8 Å². The number of carbonyl (C=O) groups is 1. The Morgan fingerprint density at radius 3 is 2.81 bits per heavy atom. The minimum absolute atomic E-state index is 0.0569. The van der Waals surface area contributed by atoms with Crippen molar-refractivity contribution in [3.8, 4) is 5.75 Å². The highest BCUT2D eigenvalue weighted by Crippen LogP contribution is 2.36. The number of nitrogens with zero attached hydrogens (tertiary/aromatic N) is 1. The van der Waals surface area contributed by atoms with Crippen LogP contribution >= 0.6 is 0 Å². The molecule has 1 amide bonds. The molecule has 36 heavy (non-hydrogen) atoms. The third-order valence-corrected chi connectivity index (χ3v) is 5.86. The predicted molar refractivity (Wildman–Crippen MR) is 135 cm³/mol. The standard InChI is InChI=1S/C26H30F2N4O4/c1-3-16-14-23(32-24-15-18-12-19(36-26(2,27)28)5-7-21(18)30-24)31-22-13-17(4-6-20(16)22)25(34)29-8-10-35-11-9-33/h4-7,12-13,15-16,30,33H,3,8-11,14H2,1-2H3,(H,29,34)(H,31,32). The Balaban J connectivity index is 1.51. The number of fused-ring (bicyclic) bond motifs is 2. The molecule has 192 valence electrons. The van der Waals surface area contributed by atoms with Gasteiger partial charge in [-0.15, -0.1) is 0 Å². The van der Waals surface area contributed by atoms with E-state index in [2.05, 4.69) is 27.3 Å². The highest BCUT2D eigenvalue weighted by Gasteiger charge is 2.25. The normalized spacial score (nSPS) is 16.6. The molecule has 3 aromatic rings. The van der Waals surface area contributed by atoms with Crippen LogP contribution in [0.1, 0.15) is 48.5 Å². The van der Waals surface area contributed by atoms with Gasteiger partial charge in [0.25, 0.3) is 5.91 Å². The van der Waals surface area contributed by atoms with Crippen LogP contribution in [-0.2, 0) is 4.74 Å². The Hall–Kier alpha value is -3.50. The van der Waals surface area contributed by atoms with Gasteiger partial charge in [-0.05, 0) is 54.3 Å². The molecule has 0 bridgehead atoms. The number of amidine groups is 1. The highest BCUT2D eigenvalue weighted by molar-refractivity contribution is 6.03. The number of ether oxygens (including phenoxy) is 2. The number of anilines is 1. The quantitative estimate of drug-likeness (QED) is 0.295. The Morgan fingerprint density at radius 2 is 2.06 bits per heavy atom. The second-order valence-electron chi connectivity index (χ2n) is 8.70. The number of halogens is 2. The van der Waals surface area contributed by atoms with Crippen molar-refractivity contribution in [1.82, 2.24) is 10.3 Å². The maximum absolute atomic E-state index is 13.2. The molecule has 0 saturated carbocycles. The molecule has 1 aliphatic rings. The zero-order valence-corrected chi connectivity index (χ0v) is 20.2. The fourth-order valence-electron chi connectivity index (χ4n) is 4.23. The summed E-state index contributed by atoms with van der Waals surface area (Å²) < 4.78 is 36.2. The lowest BCUT2D eigenvalue weighted by molar-refractivity contribution is -0.158. The number of hydrogen-bond donors (Lipinski definition) is 4. The fourth-order valence-corrected chi connectivity index (χ4v) is 4.23. The maximum atomic E-state index is 13.2. The van der Waals surface area contributed by atoms with Gasteiger partial charge in [0.1, 0.15) is 17.4 Å². The lowest BCUT2D eigenvalue weighted by Gasteiger charge is -2.27. The number of aliphatic hydroxyl groups excluding tert-OH is 1. The molecule has 0 aliphatic carbocycles. The first-order valence-electron chi connectivity index (χ1n) is 11.9. The maximum Gasteiger partial charge on any atom is 0.394 e. The van der Waals surface area contributed by atoms with Crippen LogP contribution in [-0.4, -0.2) is 54.3 Å². The number of nitrogens with one attached hydrogen (secondary N) is 3. The molecule has 0 saturated heterocycles. The van der Waals surface area contributed by atoms with E-state index in [9.17, 15) is 13.6 Å². The van der Waals surface area contributed by atoms with Crippen LogP contribution in [0.25, 0.3) is 10.9 Å². The summed E-state index contributed by atoms with van der Waals surface area (Å²) in [5, 5.41) is 15.6. The number of H-pyrrole nitrogens is 1. The number of aromatic nitrogens is 1. The van der Waals surface area contributed by atoms with Crippen molar-refractivity contribution in [1.29, 1.82) is 0 Å². The smallest absolute Gasteiger partial charge is 0.394 e. The molecule has 0 radical (unpaired) electrons. The molecule has 2 heterocycles. The average Bonchev–Trinajstić information content (AvgIpc) is 3.23.